The quantitative estimate of drug-likeness (QED) is 0.917. The lowest BCUT2D eigenvalue weighted by atomic mass is 10.1. The molecule has 0 saturated heterocycles. The van der Waals surface area contributed by atoms with E-state index >= 15 is 0 Å². The lowest BCUT2D eigenvalue weighted by molar-refractivity contribution is 0.0945. The first-order valence-electron chi connectivity index (χ1n) is 6.02. The molecule has 1 aromatic carbocycles. The van der Waals surface area contributed by atoms with Crippen molar-refractivity contribution in [1.29, 1.82) is 0 Å². The van der Waals surface area contributed by atoms with Crippen molar-refractivity contribution in [3.63, 3.8) is 0 Å². The highest BCUT2D eigenvalue weighted by Gasteiger charge is 2.08. The van der Waals surface area contributed by atoms with Crippen molar-refractivity contribution in [1.82, 2.24) is 15.3 Å². The highest BCUT2D eigenvalue weighted by Crippen LogP contribution is 2.10. The van der Waals surface area contributed by atoms with Gasteiger partial charge in [-0.05, 0) is 11.1 Å². The molecule has 1 heterocycles. The summed E-state index contributed by atoms with van der Waals surface area (Å²) in [7, 11) is 1.64. The zero-order chi connectivity index (χ0) is 14.4. The van der Waals surface area contributed by atoms with Crippen LogP contribution in [0.25, 0.3) is 0 Å². The molecule has 0 unspecified atom stereocenters. The number of carbonyl (C=O) groups excluding carboxylic acids is 1. The Morgan fingerprint density at radius 1 is 1.25 bits per heavy atom. The van der Waals surface area contributed by atoms with Crippen LogP contribution in [0.1, 0.15) is 21.6 Å². The van der Waals surface area contributed by atoms with Gasteiger partial charge in [-0.15, -0.1) is 0 Å². The molecule has 2 aromatic rings. The van der Waals surface area contributed by atoms with Crippen LogP contribution in [-0.2, 0) is 17.9 Å². The van der Waals surface area contributed by atoms with Gasteiger partial charge < -0.3 is 10.1 Å². The Balaban J connectivity index is 2.01. The van der Waals surface area contributed by atoms with E-state index in [4.69, 9.17) is 16.3 Å². The third kappa shape index (κ3) is 3.76. The number of rotatable bonds is 5. The fraction of sp³-hybridized carbons (Fsp3) is 0.214. The zero-order valence-corrected chi connectivity index (χ0v) is 11.7. The minimum atomic E-state index is -0.290. The first-order valence-corrected chi connectivity index (χ1v) is 6.40. The Morgan fingerprint density at radius 2 is 2.00 bits per heavy atom. The van der Waals surface area contributed by atoms with Crippen molar-refractivity contribution in [3.05, 3.63) is 58.6 Å². The van der Waals surface area contributed by atoms with Crippen LogP contribution in [0.2, 0.25) is 5.15 Å². The van der Waals surface area contributed by atoms with Gasteiger partial charge in [0.15, 0.2) is 0 Å². The molecule has 5 nitrogen and oxygen atoms in total. The topological polar surface area (TPSA) is 64.1 Å². The van der Waals surface area contributed by atoms with Gasteiger partial charge in [0.2, 0.25) is 0 Å². The second kappa shape index (κ2) is 6.98. The van der Waals surface area contributed by atoms with E-state index in [0.717, 1.165) is 11.1 Å². The summed E-state index contributed by atoms with van der Waals surface area (Å²) in [6.07, 6.45) is 2.69. The van der Waals surface area contributed by atoms with E-state index in [-0.39, 0.29) is 16.8 Å². The van der Waals surface area contributed by atoms with Gasteiger partial charge >= 0.3 is 0 Å². The number of hydrogen-bond donors (Lipinski definition) is 1. The molecule has 0 saturated carbocycles. The minimum Gasteiger partial charge on any atom is -0.380 e. The summed E-state index contributed by atoms with van der Waals surface area (Å²) in [5.74, 6) is -0.290. The first kappa shape index (κ1) is 14.4. The summed E-state index contributed by atoms with van der Waals surface area (Å²) in [4.78, 5) is 19.7. The van der Waals surface area contributed by atoms with Gasteiger partial charge in [0.25, 0.3) is 5.91 Å². The number of ether oxygens (including phenoxy) is 1. The molecule has 0 fully saturated rings. The molecule has 0 aliphatic heterocycles. The lowest BCUT2D eigenvalue weighted by Crippen LogP contribution is -2.24. The average Bonchev–Trinajstić information content (AvgIpc) is 2.47. The SMILES string of the molecule is COCc1ccccc1CNC(=O)c1cnc(Cl)cn1. The van der Waals surface area contributed by atoms with Gasteiger partial charge in [-0.2, -0.15) is 0 Å². The molecule has 6 heteroatoms. The molecule has 104 valence electrons. The van der Waals surface area contributed by atoms with Crippen molar-refractivity contribution >= 4 is 17.5 Å². The predicted molar refractivity (Wildman–Crippen MR) is 75.4 cm³/mol. The number of benzene rings is 1. The third-order valence-electron chi connectivity index (χ3n) is 2.71. The van der Waals surface area contributed by atoms with Gasteiger partial charge in [0, 0.05) is 13.7 Å². The number of hydrogen-bond acceptors (Lipinski definition) is 4. The summed E-state index contributed by atoms with van der Waals surface area (Å²) in [5, 5.41) is 3.05. The Hall–Kier alpha value is -1.98. The standard InChI is InChI=1S/C14H14ClN3O2/c1-20-9-11-5-3-2-4-10(11)6-18-14(19)12-7-17-13(15)8-16-12/h2-5,7-8H,6,9H2,1H3,(H,18,19). The number of aromatic nitrogens is 2. The molecule has 0 atom stereocenters. The second-order valence-corrected chi connectivity index (χ2v) is 4.50. The fourth-order valence-electron chi connectivity index (χ4n) is 1.72. The molecule has 0 aliphatic carbocycles. The zero-order valence-electron chi connectivity index (χ0n) is 11.0. The van der Waals surface area contributed by atoms with Crippen LogP contribution < -0.4 is 5.32 Å². The molecule has 0 radical (unpaired) electrons. The van der Waals surface area contributed by atoms with Crippen molar-refractivity contribution < 1.29 is 9.53 Å². The van der Waals surface area contributed by atoms with Crippen LogP contribution in [0, 0.1) is 0 Å². The molecule has 0 aliphatic rings. The van der Waals surface area contributed by atoms with E-state index in [1.54, 1.807) is 7.11 Å². The van der Waals surface area contributed by atoms with Gasteiger partial charge in [0.1, 0.15) is 10.8 Å². The smallest absolute Gasteiger partial charge is 0.271 e. The maximum absolute atomic E-state index is 11.9. The largest absolute Gasteiger partial charge is 0.380 e. The summed E-state index contributed by atoms with van der Waals surface area (Å²) in [6, 6.07) is 7.77. The number of amides is 1. The number of carbonyl (C=O) groups is 1. The van der Waals surface area contributed by atoms with E-state index in [1.165, 1.54) is 12.4 Å². The highest BCUT2D eigenvalue weighted by molar-refractivity contribution is 6.29. The number of nitrogens with zero attached hydrogens (tertiary/aromatic N) is 2. The average molecular weight is 292 g/mol. The van der Waals surface area contributed by atoms with Crippen molar-refractivity contribution in [2.75, 3.05) is 7.11 Å². The Morgan fingerprint density at radius 3 is 2.65 bits per heavy atom. The summed E-state index contributed by atoms with van der Waals surface area (Å²) in [5.41, 5.74) is 2.28. The van der Waals surface area contributed by atoms with E-state index in [9.17, 15) is 4.79 Å². The fourth-order valence-corrected chi connectivity index (χ4v) is 1.82. The Bertz CT molecular complexity index is 587. The number of nitrogens with one attached hydrogen (secondary N) is 1. The molecule has 2 rings (SSSR count). The van der Waals surface area contributed by atoms with Crippen LogP contribution in [0.15, 0.2) is 36.7 Å². The molecule has 0 spiro atoms. The predicted octanol–water partition coefficient (Wildman–Crippen LogP) is 2.21. The maximum atomic E-state index is 11.9. The van der Waals surface area contributed by atoms with Crippen LogP contribution in [0.3, 0.4) is 0 Å². The van der Waals surface area contributed by atoms with Crippen molar-refractivity contribution in [3.8, 4) is 0 Å². The van der Waals surface area contributed by atoms with E-state index in [1.807, 2.05) is 24.3 Å². The van der Waals surface area contributed by atoms with Gasteiger partial charge in [-0.1, -0.05) is 35.9 Å². The molecule has 1 aromatic heterocycles. The number of methoxy groups -OCH3 is 1. The van der Waals surface area contributed by atoms with E-state index in [0.29, 0.717) is 13.2 Å². The summed E-state index contributed by atoms with van der Waals surface area (Å²) >= 11 is 5.63. The molecule has 1 N–H and O–H groups in total. The Kier molecular flexibility index (Phi) is 5.03. The van der Waals surface area contributed by atoms with Gasteiger partial charge in [-0.3, -0.25) is 4.79 Å². The van der Waals surface area contributed by atoms with Crippen LogP contribution in [0.4, 0.5) is 0 Å². The van der Waals surface area contributed by atoms with E-state index < -0.39 is 0 Å². The molecule has 1 amide bonds. The minimum absolute atomic E-state index is 0.235. The molecular weight excluding hydrogens is 278 g/mol. The van der Waals surface area contributed by atoms with Crippen molar-refractivity contribution in [2.24, 2.45) is 0 Å². The number of halogens is 1. The second-order valence-electron chi connectivity index (χ2n) is 4.11. The van der Waals surface area contributed by atoms with Crippen LogP contribution in [0.5, 0.6) is 0 Å². The summed E-state index contributed by atoms with van der Waals surface area (Å²) in [6.45, 7) is 0.912. The monoisotopic (exact) mass is 291 g/mol. The van der Waals surface area contributed by atoms with Gasteiger partial charge in [-0.25, -0.2) is 9.97 Å². The molecule has 20 heavy (non-hydrogen) atoms. The summed E-state index contributed by atoms with van der Waals surface area (Å²) < 4.78 is 5.12. The van der Waals surface area contributed by atoms with E-state index in [2.05, 4.69) is 15.3 Å². The van der Waals surface area contributed by atoms with Crippen LogP contribution in [-0.4, -0.2) is 23.0 Å². The molecule has 0 bridgehead atoms. The van der Waals surface area contributed by atoms with Crippen molar-refractivity contribution in [2.45, 2.75) is 13.2 Å². The normalized spacial score (nSPS) is 10.3. The molecular formula is C14H14ClN3O2. The third-order valence-corrected chi connectivity index (χ3v) is 2.91. The van der Waals surface area contributed by atoms with Crippen LogP contribution >= 0.6 is 11.6 Å². The lowest BCUT2D eigenvalue weighted by Gasteiger charge is -2.09. The first-order chi connectivity index (χ1) is 9.70. The van der Waals surface area contributed by atoms with Gasteiger partial charge in [0.05, 0.1) is 19.0 Å². The highest BCUT2D eigenvalue weighted by atomic mass is 35.5. The Labute approximate surface area is 122 Å². The maximum Gasteiger partial charge on any atom is 0.271 e.